The normalized spacial score (nSPS) is 21.2. The first-order valence-corrected chi connectivity index (χ1v) is 11.0. The summed E-state index contributed by atoms with van der Waals surface area (Å²) in [5, 5.41) is 5.71. The third kappa shape index (κ3) is 6.62. The van der Waals surface area contributed by atoms with Crippen LogP contribution in [0, 0.1) is 6.92 Å². The zero-order valence-electron chi connectivity index (χ0n) is 16.2. The van der Waals surface area contributed by atoms with E-state index in [0.29, 0.717) is 13.0 Å². The smallest absolute Gasteiger partial charge is 0.238 e. The summed E-state index contributed by atoms with van der Waals surface area (Å²) in [5.74, 6) is -0.374. The molecule has 2 amide bonds. The lowest BCUT2D eigenvalue weighted by atomic mass is 10.0. The van der Waals surface area contributed by atoms with E-state index in [-0.39, 0.29) is 36.4 Å². The van der Waals surface area contributed by atoms with Crippen molar-refractivity contribution < 1.29 is 18.0 Å². The van der Waals surface area contributed by atoms with E-state index in [4.69, 9.17) is 0 Å². The third-order valence-corrected chi connectivity index (χ3v) is 6.54. The van der Waals surface area contributed by atoms with Crippen LogP contribution in [-0.4, -0.2) is 61.8 Å². The largest absolute Gasteiger partial charge is 0.349 e. The molecule has 1 saturated heterocycles. The predicted octanol–water partition coefficient (Wildman–Crippen LogP) is 1.34. The number of hydrogen-bond acceptors (Lipinski definition) is 5. The van der Waals surface area contributed by atoms with E-state index < -0.39 is 15.4 Å². The fourth-order valence-electron chi connectivity index (χ4n) is 3.32. The number of amides is 2. The van der Waals surface area contributed by atoms with Crippen LogP contribution in [0.5, 0.6) is 0 Å². The van der Waals surface area contributed by atoms with E-state index in [1.807, 2.05) is 38.1 Å². The number of sulfone groups is 1. The fourth-order valence-corrected chi connectivity index (χ4v) is 5.42. The highest BCUT2D eigenvalue weighted by molar-refractivity contribution is 7.91. The van der Waals surface area contributed by atoms with Gasteiger partial charge in [0.1, 0.15) is 0 Å². The molecule has 1 aliphatic heterocycles. The van der Waals surface area contributed by atoms with Gasteiger partial charge < -0.3 is 10.6 Å². The molecule has 1 aromatic carbocycles. The highest BCUT2D eigenvalue weighted by atomic mass is 32.2. The summed E-state index contributed by atoms with van der Waals surface area (Å²) in [4.78, 5) is 26.5. The predicted molar refractivity (Wildman–Crippen MR) is 106 cm³/mol. The molecule has 1 aromatic rings. The van der Waals surface area contributed by atoms with E-state index in [1.54, 1.807) is 11.8 Å². The number of rotatable bonds is 8. The zero-order chi connectivity index (χ0) is 20.1. The average molecular weight is 396 g/mol. The number of nitrogens with zero attached hydrogens (tertiary/aromatic N) is 1. The molecule has 0 radical (unpaired) electrons. The Morgan fingerprint density at radius 2 is 1.85 bits per heavy atom. The highest BCUT2D eigenvalue weighted by Gasteiger charge is 2.39. The fraction of sp³-hybridized carbons (Fsp3) is 0.579. The Hall–Kier alpha value is -1.93. The molecule has 8 heteroatoms. The van der Waals surface area contributed by atoms with Crippen molar-refractivity contribution in [1.29, 1.82) is 0 Å². The van der Waals surface area contributed by atoms with Gasteiger partial charge in [0.2, 0.25) is 11.8 Å². The minimum absolute atomic E-state index is 0.0344. The number of aryl methyl sites for hydroxylation is 1. The Kier molecular flexibility index (Phi) is 7.00. The van der Waals surface area contributed by atoms with Crippen molar-refractivity contribution in [2.24, 2.45) is 0 Å². The summed E-state index contributed by atoms with van der Waals surface area (Å²) in [6.07, 6.45) is 1.22. The molecule has 1 atom stereocenters. The number of carbonyl (C=O) groups is 2. The van der Waals surface area contributed by atoms with Crippen LogP contribution in [0.15, 0.2) is 24.3 Å². The first kappa shape index (κ1) is 21.4. The molecule has 0 aromatic heterocycles. The lowest BCUT2D eigenvalue weighted by molar-refractivity contribution is -0.124. The van der Waals surface area contributed by atoms with Crippen molar-refractivity contribution >= 4 is 27.3 Å². The maximum absolute atomic E-state index is 12.4. The molecule has 0 spiro atoms. The molecule has 2 N–H and O–H groups in total. The van der Waals surface area contributed by atoms with Crippen molar-refractivity contribution in [2.45, 2.75) is 39.2 Å². The quantitative estimate of drug-likeness (QED) is 0.693. The van der Waals surface area contributed by atoms with E-state index in [0.717, 1.165) is 17.7 Å². The molecule has 0 saturated carbocycles. The number of anilines is 1. The number of hydrogen-bond donors (Lipinski definition) is 2. The summed E-state index contributed by atoms with van der Waals surface area (Å²) in [7, 11) is -3.09. The topological polar surface area (TPSA) is 95.6 Å². The van der Waals surface area contributed by atoms with Gasteiger partial charge in [-0.15, -0.1) is 0 Å². The van der Waals surface area contributed by atoms with Crippen LogP contribution in [0.2, 0.25) is 0 Å². The zero-order valence-corrected chi connectivity index (χ0v) is 17.1. The van der Waals surface area contributed by atoms with Crippen molar-refractivity contribution in [3.63, 3.8) is 0 Å². The number of benzene rings is 1. The van der Waals surface area contributed by atoms with Gasteiger partial charge in [-0.1, -0.05) is 25.1 Å². The molecule has 1 aliphatic rings. The van der Waals surface area contributed by atoms with Crippen molar-refractivity contribution in [3.05, 3.63) is 29.8 Å². The first-order valence-electron chi connectivity index (χ1n) is 9.22. The number of carbonyl (C=O) groups excluding carboxylic acids is 2. The summed E-state index contributed by atoms with van der Waals surface area (Å²) < 4.78 is 23.4. The van der Waals surface area contributed by atoms with Crippen molar-refractivity contribution in [2.75, 3.05) is 36.5 Å². The number of para-hydroxylation sites is 1. The molecule has 2 rings (SSSR count). The third-order valence-electron chi connectivity index (χ3n) is 4.64. The van der Waals surface area contributed by atoms with Gasteiger partial charge in [-0.3, -0.25) is 14.5 Å². The molecule has 0 aliphatic carbocycles. The molecular weight excluding hydrogens is 366 g/mol. The van der Waals surface area contributed by atoms with Crippen LogP contribution in [0.3, 0.4) is 0 Å². The Balaban J connectivity index is 1.91. The van der Waals surface area contributed by atoms with E-state index in [1.165, 1.54) is 0 Å². The van der Waals surface area contributed by atoms with Crippen LogP contribution < -0.4 is 10.6 Å². The molecule has 1 fully saturated rings. The van der Waals surface area contributed by atoms with Gasteiger partial charge in [0.15, 0.2) is 9.84 Å². The van der Waals surface area contributed by atoms with E-state index >= 15 is 0 Å². The molecule has 0 bridgehead atoms. The molecule has 150 valence electrons. The van der Waals surface area contributed by atoms with Crippen LogP contribution in [0.25, 0.3) is 0 Å². The second-order valence-electron chi connectivity index (χ2n) is 7.52. The maximum Gasteiger partial charge on any atom is 0.238 e. The minimum atomic E-state index is -3.09. The van der Waals surface area contributed by atoms with Crippen LogP contribution >= 0.6 is 0 Å². The summed E-state index contributed by atoms with van der Waals surface area (Å²) in [5.41, 5.74) is 1.00. The van der Waals surface area contributed by atoms with E-state index in [2.05, 4.69) is 10.6 Å². The maximum atomic E-state index is 12.4. The standard InChI is InChI=1S/C19H29N3O4S/c1-4-10-22(12-17(23)20-16-8-6-5-7-15(16)2)13-18(24)21-19(3)9-11-27(25,26)14-19/h5-8H,4,9-14H2,1-3H3,(H,20,23)(H,21,24)/t19-/m1/s1. The Morgan fingerprint density at radius 3 is 2.44 bits per heavy atom. The van der Waals surface area contributed by atoms with Gasteiger partial charge in [0.25, 0.3) is 0 Å². The SMILES string of the molecule is CCCN(CC(=O)Nc1ccccc1C)CC(=O)N[C@]1(C)CCS(=O)(=O)C1. The van der Waals surface area contributed by atoms with Gasteiger partial charge in [-0.2, -0.15) is 0 Å². The van der Waals surface area contributed by atoms with Crippen LogP contribution in [0.1, 0.15) is 32.3 Å². The van der Waals surface area contributed by atoms with Crippen molar-refractivity contribution in [3.8, 4) is 0 Å². The summed E-state index contributed by atoms with van der Waals surface area (Å²) >= 11 is 0. The van der Waals surface area contributed by atoms with E-state index in [9.17, 15) is 18.0 Å². The Labute approximate surface area is 161 Å². The number of nitrogens with one attached hydrogen (secondary N) is 2. The lowest BCUT2D eigenvalue weighted by Crippen LogP contribution is -2.51. The van der Waals surface area contributed by atoms with Gasteiger partial charge >= 0.3 is 0 Å². The second kappa shape index (κ2) is 8.84. The van der Waals surface area contributed by atoms with Gasteiger partial charge in [0, 0.05) is 5.69 Å². The summed E-state index contributed by atoms with van der Waals surface area (Å²) in [6.45, 7) is 6.42. The highest BCUT2D eigenvalue weighted by Crippen LogP contribution is 2.22. The van der Waals surface area contributed by atoms with Crippen LogP contribution in [-0.2, 0) is 19.4 Å². The molecule has 27 heavy (non-hydrogen) atoms. The Morgan fingerprint density at radius 1 is 1.19 bits per heavy atom. The lowest BCUT2D eigenvalue weighted by Gasteiger charge is -2.27. The minimum Gasteiger partial charge on any atom is -0.349 e. The molecule has 0 unspecified atom stereocenters. The second-order valence-corrected chi connectivity index (χ2v) is 9.71. The van der Waals surface area contributed by atoms with Crippen LogP contribution in [0.4, 0.5) is 5.69 Å². The molecular formula is C19H29N3O4S. The van der Waals surface area contributed by atoms with Gasteiger partial charge in [-0.05, 0) is 44.9 Å². The van der Waals surface area contributed by atoms with Crippen molar-refractivity contribution in [1.82, 2.24) is 10.2 Å². The monoisotopic (exact) mass is 395 g/mol. The first-order chi connectivity index (χ1) is 12.6. The Bertz CT molecular complexity index is 794. The molecule has 1 heterocycles. The van der Waals surface area contributed by atoms with Gasteiger partial charge in [-0.25, -0.2) is 8.42 Å². The summed E-state index contributed by atoms with van der Waals surface area (Å²) in [6, 6.07) is 7.52. The molecule has 7 nitrogen and oxygen atoms in total. The van der Waals surface area contributed by atoms with Gasteiger partial charge in [0.05, 0.1) is 30.1 Å². The average Bonchev–Trinajstić information content (AvgIpc) is 2.82.